The van der Waals surface area contributed by atoms with Crippen LogP contribution in [0.2, 0.25) is 0 Å². The van der Waals surface area contributed by atoms with Gasteiger partial charge in [0.15, 0.2) is 0 Å². The lowest BCUT2D eigenvalue weighted by Gasteiger charge is -2.29. The van der Waals surface area contributed by atoms with Crippen molar-refractivity contribution in [3.63, 3.8) is 0 Å². The second-order valence-electron chi connectivity index (χ2n) is 5.76. The summed E-state index contributed by atoms with van der Waals surface area (Å²) in [6.07, 6.45) is 6.40. The highest BCUT2D eigenvalue weighted by Crippen LogP contribution is 2.30. The summed E-state index contributed by atoms with van der Waals surface area (Å²) in [5.41, 5.74) is 6.29. The van der Waals surface area contributed by atoms with Gasteiger partial charge >= 0.3 is 0 Å². The fraction of sp³-hybridized carbons (Fsp3) is 0.150. The van der Waals surface area contributed by atoms with Crippen LogP contribution >= 0.6 is 11.9 Å². The summed E-state index contributed by atoms with van der Waals surface area (Å²) < 4.78 is 4.66. The molecule has 0 spiro atoms. The van der Waals surface area contributed by atoms with Gasteiger partial charge in [-0.2, -0.15) is 4.40 Å². The average Bonchev–Trinajstić information content (AvgIpc) is 2.62. The Hall–Kier alpha value is -2.26. The van der Waals surface area contributed by atoms with Crippen molar-refractivity contribution in [3.05, 3.63) is 78.0 Å². The maximum atomic E-state index is 4.66. The number of hydrogen-bond acceptors (Lipinski definition) is 3. The van der Waals surface area contributed by atoms with Crippen LogP contribution in [-0.2, 0) is 0 Å². The van der Waals surface area contributed by atoms with E-state index in [-0.39, 0.29) is 0 Å². The molecule has 0 saturated carbocycles. The third-order valence-electron chi connectivity index (χ3n) is 4.24. The molecule has 4 rings (SSSR count). The van der Waals surface area contributed by atoms with Crippen molar-refractivity contribution in [1.29, 1.82) is 0 Å². The van der Waals surface area contributed by atoms with E-state index in [4.69, 9.17) is 0 Å². The highest BCUT2D eigenvalue weighted by atomic mass is 32.2. The van der Waals surface area contributed by atoms with Crippen molar-refractivity contribution >= 4 is 23.4 Å². The first-order valence-electron chi connectivity index (χ1n) is 7.85. The van der Waals surface area contributed by atoms with E-state index in [1.807, 2.05) is 0 Å². The summed E-state index contributed by atoms with van der Waals surface area (Å²) in [6, 6.07) is 17.3. The molecule has 0 N–H and O–H groups in total. The molecule has 0 atom stereocenters. The summed E-state index contributed by atoms with van der Waals surface area (Å²) in [4.78, 5) is 2.24. The smallest absolute Gasteiger partial charge is 0.148 e. The SMILES string of the molecule is Cc1cc(C2=CC=CN3CCSN=C23)ccc1-c1ccccc1. The molecule has 0 unspecified atom stereocenters. The largest absolute Gasteiger partial charge is 0.331 e. The zero-order valence-corrected chi connectivity index (χ0v) is 13.9. The van der Waals surface area contributed by atoms with Crippen molar-refractivity contribution in [2.75, 3.05) is 12.3 Å². The van der Waals surface area contributed by atoms with Crippen LogP contribution in [0.4, 0.5) is 0 Å². The Bertz CT molecular complexity index is 819. The summed E-state index contributed by atoms with van der Waals surface area (Å²) in [6.45, 7) is 3.21. The van der Waals surface area contributed by atoms with Crippen molar-refractivity contribution in [2.24, 2.45) is 4.40 Å². The molecule has 2 aromatic carbocycles. The van der Waals surface area contributed by atoms with E-state index >= 15 is 0 Å². The van der Waals surface area contributed by atoms with Gasteiger partial charge in [-0.1, -0.05) is 48.5 Å². The van der Waals surface area contributed by atoms with E-state index in [9.17, 15) is 0 Å². The van der Waals surface area contributed by atoms with E-state index < -0.39 is 0 Å². The molecule has 0 aromatic heterocycles. The molecule has 3 heteroatoms. The van der Waals surface area contributed by atoms with Crippen molar-refractivity contribution in [2.45, 2.75) is 6.92 Å². The maximum absolute atomic E-state index is 4.66. The monoisotopic (exact) mass is 318 g/mol. The number of rotatable bonds is 2. The summed E-state index contributed by atoms with van der Waals surface area (Å²) >= 11 is 1.65. The first kappa shape index (κ1) is 14.3. The van der Waals surface area contributed by atoms with Gasteiger partial charge in [0.05, 0.1) is 0 Å². The molecule has 2 aromatic rings. The molecular weight excluding hydrogens is 300 g/mol. The van der Waals surface area contributed by atoms with Gasteiger partial charge < -0.3 is 4.90 Å². The molecule has 0 bridgehead atoms. The number of benzene rings is 2. The predicted molar refractivity (Wildman–Crippen MR) is 100 cm³/mol. The highest BCUT2D eigenvalue weighted by molar-refractivity contribution is 7.98. The number of amidine groups is 1. The Morgan fingerprint density at radius 2 is 1.91 bits per heavy atom. The Labute approximate surface area is 141 Å². The number of fused-ring (bicyclic) bond motifs is 1. The predicted octanol–water partition coefficient (Wildman–Crippen LogP) is 4.94. The quantitative estimate of drug-likeness (QED) is 0.729. The van der Waals surface area contributed by atoms with Gasteiger partial charge in [-0.3, -0.25) is 0 Å². The van der Waals surface area contributed by atoms with Crippen LogP contribution in [0.5, 0.6) is 0 Å². The van der Waals surface area contributed by atoms with Gasteiger partial charge in [-0.15, -0.1) is 0 Å². The Kier molecular flexibility index (Phi) is 3.80. The van der Waals surface area contributed by atoms with Crippen LogP contribution in [0.25, 0.3) is 16.7 Å². The molecule has 0 saturated heterocycles. The molecule has 2 aliphatic rings. The van der Waals surface area contributed by atoms with Gasteiger partial charge in [0.2, 0.25) is 0 Å². The van der Waals surface area contributed by atoms with E-state index in [1.165, 1.54) is 27.8 Å². The van der Waals surface area contributed by atoms with E-state index in [1.54, 1.807) is 11.9 Å². The standard InChI is InChI=1S/C20H18N2S/c1-15-14-17(9-10-18(15)16-6-3-2-4-7-16)19-8-5-11-22-12-13-23-21-20(19)22/h2-11,14H,12-13H2,1H3. The minimum atomic E-state index is 1.03. The van der Waals surface area contributed by atoms with E-state index in [2.05, 4.69) is 83.1 Å². The first-order chi connectivity index (χ1) is 11.3. The summed E-state index contributed by atoms with van der Waals surface area (Å²) in [5, 5.41) is 0. The summed E-state index contributed by atoms with van der Waals surface area (Å²) in [5.74, 6) is 2.13. The fourth-order valence-corrected chi connectivity index (χ4v) is 3.76. The second kappa shape index (κ2) is 6.09. The van der Waals surface area contributed by atoms with Crippen molar-refractivity contribution < 1.29 is 0 Å². The van der Waals surface area contributed by atoms with Gasteiger partial charge in [-0.25, -0.2) is 0 Å². The van der Waals surface area contributed by atoms with Crippen LogP contribution in [-0.4, -0.2) is 23.0 Å². The van der Waals surface area contributed by atoms with Crippen LogP contribution in [0.1, 0.15) is 11.1 Å². The highest BCUT2D eigenvalue weighted by Gasteiger charge is 2.21. The zero-order valence-electron chi connectivity index (χ0n) is 13.1. The second-order valence-corrected chi connectivity index (χ2v) is 6.61. The lowest BCUT2D eigenvalue weighted by atomic mass is 9.94. The maximum Gasteiger partial charge on any atom is 0.148 e. The minimum absolute atomic E-state index is 1.03. The Morgan fingerprint density at radius 1 is 1.04 bits per heavy atom. The van der Waals surface area contributed by atoms with Crippen LogP contribution in [0, 0.1) is 6.92 Å². The van der Waals surface area contributed by atoms with E-state index in [0.717, 1.165) is 18.1 Å². The molecule has 0 amide bonds. The van der Waals surface area contributed by atoms with Gasteiger partial charge in [0.1, 0.15) is 5.84 Å². The van der Waals surface area contributed by atoms with Crippen LogP contribution in [0.15, 0.2) is 71.3 Å². The number of aryl methyl sites for hydroxylation is 1. The van der Waals surface area contributed by atoms with Crippen molar-refractivity contribution in [1.82, 2.24) is 4.90 Å². The first-order valence-corrected chi connectivity index (χ1v) is 8.79. The molecule has 23 heavy (non-hydrogen) atoms. The lowest BCUT2D eigenvalue weighted by molar-refractivity contribution is 0.594. The third-order valence-corrected chi connectivity index (χ3v) is 4.91. The number of nitrogens with zero attached hydrogens (tertiary/aromatic N) is 2. The molecule has 0 radical (unpaired) electrons. The Morgan fingerprint density at radius 3 is 2.74 bits per heavy atom. The summed E-state index contributed by atoms with van der Waals surface area (Å²) in [7, 11) is 0. The minimum Gasteiger partial charge on any atom is -0.331 e. The van der Waals surface area contributed by atoms with Gasteiger partial charge in [0.25, 0.3) is 0 Å². The lowest BCUT2D eigenvalue weighted by Crippen LogP contribution is -2.32. The molecular formula is C20H18N2S. The molecule has 2 heterocycles. The average molecular weight is 318 g/mol. The molecule has 0 fully saturated rings. The van der Waals surface area contributed by atoms with E-state index in [0.29, 0.717) is 0 Å². The normalized spacial score (nSPS) is 16.7. The van der Waals surface area contributed by atoms with Gasteiger partial charge in [-0.05, 0) is 53.3 Å². The third kappa shape index (κ3) is 2.73. The molecule has 2 nitrogen and oxygen atoms in total. The number of hydrogen-bond donors (Lipinski definition) is 0. The van der Waals surface area contributed by atoms with Crippen LogP contribution < -0.4 is 0 Å². The topological polar surface area (TPSA) is 15.6 Å². The van der Waals surface area contributed by atoms with Crippen molar-refractivity contribution in [3.8, 4) is 11.1 Å². The molecule has 2 aliphatic heterocycles. The van der Waals surface area contributed by atoms with Gasteiger partial charge in [0, 0.05) is 24.1 Å². The molecule has 0 aliphatic carbocycles. The number of allylic oxidation sites excluding steroid dienone is 2. The zero-order chi connectivity index (χ0) is 15.6. The fourth-order valence-electron chi connectivity index (χ4n) is 3.07. The van der Waals surface area contributed by atoms with Crippen LogP contribution in [0.3, 0.4) is 0 Å². The molecule has 114 valence electrons. The Balaban J connectivity index is 1.73.